The molecule has 1 aromatic heterocycles. The molecule has 1 aromatic rings. The minimum absolute atomic E-state index is 0.0839. The van der Waals surface area contributed by atoms with E-state index < -0.39 is 0 Å². The standard InChI is InChI=1S/C5H4BrClN4/c6-3(8)2-4(7)10-1-11-5(2)9/h1,8H,(H2,9,10,11). The van der Waals surface area contributed by atoms with Crippen molar-refractivity contribution in [3.63, 3.8) is 0 Å². The van der Waals surface area contributed by atoms with Crippen LogP contribution >= 0.6 is 27.5 Å². The monoisotopic (exact) mass is 234 g/mol. The lowest BCUT2D eigenvalue weighted by Gasteiger charge is -2.00. The zero-order valence-electron chi connectivity index (χ0n) is 5.31. The summed E-state index contributed by atoms with van der Waals surface area (Å²) in [6.45, 7) is 0. The summed E-state index contributed by atoms with van der Waals surface area (Å²) >= 11 is 8.55. The van der Waals surface area contributed by atoms with Crippen LogP contribution in [-0.4, -0.2) is 14.6 Å². The van der Waals surface area contributed by atoms with Crippen molar-refractivity contribution in [1.82, 2.24) is 9.97 Å². The van der Waals surface area contributed by atoms with E-state index in [-0.39, 0.29) is 15.6 Å². The SMILES string of the molecule is N=C(Br)c1c(N)ncnc1Cl. The van der Waals surface area contributed by atoms with Crippen molar-refractivity contribution < 1.29 is 0 Å². The molecular weight excluding hydrogens is 231 g/mol. The van der Waals surface area contributed by atoms with Crippen molar-refractivity contribution in [2.45, 2.75) is 0 Å². The maximum Gasteiger partial charge on any atom is 0.144 e. The van der Waals surface area contributed by atoms with Gasteiger partial charge in [-0.15, -0.1) is 0 Å². The average molecular weight is 235 g/mol. The number of nitrogens with zero attached hydrogens (tertiary/aromatic N) is 2. The Morgan fingerprint density at radius 2 is 2.27 bits per heavy atom. The second-order valence-electron chi connectivity index (χ2n) is 1.74. The highest BCUT2D eigenvalue weighted by Gasteiger charge is 2.09. The van der Waals surface area contributed by atoms with Gasteiger partial charge >= 0.3 is 0 Å². The highest BCUT2D eigenvalue weighted by molar-refractivity contribution is 9.18. The van der Waals surface area contributed by atoms with Gasteiger partial charge in [0, 0.05) is 0 Å². The predicted octanol–water partition coefficient (Wildman–Crippen LogP) is 1.43. The molecule has 0 amide bonds. The molecule has 0 saturated heterocycles. The van der Waals surface area contributed by atoms with Gasteiger partial charge in [0.15, 0.2) is 0 Å². The van der Waals surface area contributed by atoms with Crippen molar-refractivity contribution in [3.05, 3.63) is 17.0 Å². The number of hydrogen-bond donors (Lipinski definition) is 2. The molecular formula is C5H4BrClN4. The summed E-state index contributed by atoms with van der Waals surface area (Å²) in [4.78, 5) is 7.34. The van der Waals surface area contributed by atoms with Gasteiger partial charge in [-0.2, -0.15) is 0 Å². The van der Waals surface area contributed by atoms with Crippen LogP contribution in [0.15, 0.2) is 6.33 Å². The van der Waals surface area contributed by atoms with Crippen LogP contribution in [0.25, 0.3) is 0 Å². The number of nitrogens with one attached hydrogen (secondary N) is 1. The van der Waals surface area contributed by atoms with Crippen LogP contribution in [0, 0.1) is 5.41 Å². The van der Waals surface area contributed by atoms with Crippen molar-refractivity contribution in [2.75, 3.05) is 5.73 Å². The molecule has 6 heteroatoms. The Morgan fingerprint density at radius 1 is 1.64 bits per heavy atom. The molecule has 1 rings (SSSR count). The van der Waals surface area contributed by atoms with Gasteiger partial charge in [-0.1, -0.05) is 11.6 Å². The fourth-order valence-electron chi connectivity index (χ4n) is 0.580. The van der Waals surface area contributed by atoms with Gasteiger partial charge in [-0.05, 0) is 15.9 Å². The molecule has 0 unspecified atom stereocenters. The van der Waals surface area contributed by atoms with E-state index in [0.717, 1.165) is 0 Å². The molecule has 4 nitrogen and oxygen atoms in total. The molecule has 0 saturated carbocycles. The molecule has 0 aliphatic carbocycles. The molecule has 58 valence electrons. The third kappa shape index (κ3) is 1.66. The number of anilines is 1. The molecule has 0 fully saturated rings. The van der Waals surface area contributed by atoms with Crippen molar-refractivity contribution in [2.24, 2.45) is 0 Å². The van der Waals surface area contributed by atoms with E-state index in [1.165, 1.54) is 6.33 Å². The lowest BCUT2D eigenvalue weighted by molar-refractivity contribution is 1.17. The fraction of sp³-hybridized carbons (Fsp3) is 0. The number of nitrogen functional groups attached to an aromatic ring is 1. The summed E-state index contributed by atoms with van der Waals surface area (Å²) in [5.74, 6) is 0.201. The largest absolute Gasteiger partial charge is 0.383 e. The first-order valence-corrected chi connectivity index (χ1v) is 3.80. The summed E-state index contributed by atoms with van der Waals surface area (Å²) in [7, 11) is 0. The van der Waals surface area contributed by atoms with E-state index in [9.17, 15) is 0 Å². The zero-order valence-corrected chi connectivity index (χ0v) is 7.65. The van der Waals surface area contributed by atoms with Gasteiger partial charge in [0.2, 0.25) is 0 Å². The zero-order chi connectivity index (χ0) is 8.43. The maximum absolute atomic E-state index is 7.19. The molecule has 0 aromatic carbocycles. The molecule has 0 atom stereocenters. The van der Waals surface area contributed by atoms with Gasteiger partial charge in [-0.3, -0.25) is 5.41 Å². The van der Waals surface area contributed by atoms with Crippen LogP contribution in [0.1, 0.15) is 5.56 Å². The van der Waals surface area contributed by atoms with Gasteiger partial charge in [0.25, 0.3) is 0 Å². The van der Waals surface area contributed by atoms with E-state index in [1.54, 1.807) is 0 Å². The summed E-state index contributed by atoms with van der Waals surface area (Å²) < 4.78 is 0.0839. The van der Waals surface area contributed by atoms with Crippen LogP contribution in [-0.2, 0) is 0 Å². The molecule has 11 heavy (non-hydrogen) atoms. The van der Waals surface area contributed by atoms with Gasteiger partial charge in [-0.25, -0.2) is 9.97 Å². The van der Waals surface area contributed by atoms with E-state index >= 15 is 0 Å². The first kappa shape index (κ1) is 8.42. The number of nitrogens with two attached hydrogens (primary N) is 1. The van der Waals surface area contributed by atoms with E-state index in [0.29, 0.717) is 5.56 Å². The van der Waals surface area contributed by atoms with Crippen LogP contribution < -0.4 is 5.73 Å². The highest BCUT2D eigenvalue weighted by atomic mass is 79.9. The highest BCUT2D eigenvalue weighted by Crippen LogP contribution is 2.19. The Balaban J connectivity index is 3.32. The quantitative estimate of drug-likeness (QED) is 0.571. The van der Waals surface area contributed by atoms with Crippen molar-refractivity contribution in [3.8, 4) is 0 Å². The van der Waals surface area contributed by atoms with Gasteiger partial charge < -0.3 is 5.73 Å². The second-order valence-corrected chi connectivity index (χ2v) is 2.89. The number of aromatic nitrogens is 2. The number of halogens is 2. The predicted molar refractivity (Wildman–Crippen MR) is 47.2 cm³/mol. The molecule has 3 N–H and O–H groups in total. The molecule has 0 aliphatic rings. The van der Waals surface area contributed by atoms with Crippen molar-refractivity contribution >= 4 is 38.0 Å². The molecule has 0 bridgehead atoms. The topological polar surface area (TPSA) is 75.7 Å². The van der Waals surface area contributed by atoms with E-state index in [2.05, 4.69) is 25.9 Å². The van der Waals surface area contributed by atoms with Crippen LogP contribution in [0.4, 0.5) is 5.82 Å². The van der Waals surface area contributed by atoms with Crippen LogP contribution in [0.3, 0.4) is 0 Å². The lowest BCUT2D eigenvalue weighted by atomic mass is 10.3. The normalized spacial score (nSPS) is 9.64. The number of hydrogen-bond acceptors (Lipinski definition) is 4. The molecule has 1 heterocycles. The molecule has 0 spiro atoms. The third-order valence-corrected chi connectivity index (χ3v) is 1.73. The Kier molecular flexibility index (Phi) is 2.41. The summed E-state index contributed by atoms with van der Waals surface area (Å²) in [6, 6.07) is 0. The van der Waals surface area contributed by atoms with Gasteiger partial charge in [0.05, 0.1) is 5.56 Å². The fourth-order valence-corrected chi connectivity index (χ4v) is 1.32. The first-order chi connectivity index (χ1) is 5.13. The Bertz CT molecular complexity index is 280. The van der Waals surface area contributed by atoms with Crippen LogP contribution in [0.5, 0.6) is 0 Å². The second kappa shape index (κ2) is 3.15. The summed E-state index contributed by atoms with van der Waals surface area (Å²) in [5, 5.41) is 7.37. The Hall–Kier alpha value is -0.680. The average Bonchev–Trinajstić information content (AvgIpc) is 1.85. The summed E-state index contributed by atoms with van der Waals surface area (Å²) in [5.41, 5.74) is 5.74. The lowest BCUT2D eigenvalue weighted by Crippen LogP contribution is -2.02. The Labute approximate surface area is 76.4 Å². The summed E-state index contributed by atoms with van der Waals surface area (Å²) in [6.07, 6.45) is 1.25. The minimum Gasteiger partial charge on any atom is -0.383 e. The van der Waals surface area contributed by atoms with Gasteiger partial charge in [0.1, 0.15) is 21.9 Å². The van der Waals surface area contributed by atoms with Crippen molar-refractivity contribution in [1.29, 1.82) is 5.41 Å². The molecule has 0 aliphatic heterocycles. The first-order valence-electron chi connectivity index (χ1n) is 2.63. The van der Waals surface area contributed by atoms with E-state index in [1.807, 2.05) is 0 Å². The van der Waals surface area contributed by atoms with Crippen LogP contribution in [0.2, 0.25) is 5.15 Å². The molecule has 0 radical (unpaired) electrons. The Morgan fingerprint density at radius 3 is 2.64 bits per heavy atom. The maximum atomic E-state index is 7.19. The van der Waals surface area contributed by atoms with E-state index in [4.69, 9.17) is 22.7 Å². The number of rotatable bonds is 1. The third-order valence-electron chi connectivity index (χ3n) is 1.05. The minimum atomic E-state index is 0.0839. The smallest absolute Gasteiger partial charge is 0.144 e.